The summed E-state index contributed by atoms with van der Waals surface area (Å²) in [6.45, 7) is 3.00. The van der Waals surface area contributed by atoms with E-state index >= 15 is 0 Å². The third-order valence-electron chi connectivity index (χ3n) is 5.85. The average molecular weight is 507 g/mol. The highest BCUT2D eigenvalue weighted by atomic mass is 32.1. The maximum atomic E-state index is 12.8. The van der Waals surface area contributed by atoms with Crippen LogP contribution in [0.3, 0.4) is 0 Å². The lowest BCUT2D eigenvalue weighted by Gasteiger charge is -2.10. The van der Waals surface area contributed by atoms with Crippen molar-refractivity contribution >= 4 is 27.5 Å². The fourth-order valence-electron chi connectivity index (χ4n) is 3.90. The van der Waals surface area contributed by atoms with E-state index in [1.807, 2.05) is 35.7 Å². The number of nitrogens with one attached hydrogen (secondary N) is 2. The number of ether oxygens (including phenoxy) is 3. The van der Waals surface area contributed by atoms with Crippen LogP contribution < -0.4 is 15.6 Å². The average Bonchev–Trinajstić information content (AvgIpc) is 3.57. The topological polar surface area (TPSA) is 115 Å². The molecule has 4 heterocycles. The quantitative estimate of drug-likeness (QED) is 0.339. The predicted octanol–water partition coefficient (Wildman–Crippen LogP) is 3.44. The summed E-state index contributed by atoms with van der Waals surface area (Å²) in [6, 6.07) is 13.4. The number of rotatable bonds is 10. The van der Waals surface area contributed by atoms with Crippen LogP contribution in [0.4, 0.5) is 0 Å². The van der Waals surface area contributed by atoms with Gasteiger partial charge in [0.15, 0.2) is 0 Å². The molecule has 0 bridgehead atoms. The van der Waals surface area contributed by atoms with E-state index in [2.05, 4.69) is 20.3 Å². The molecule has 1 atom stereocenters. The lowest BCUT2D eigenvalue weighted by molar-refractivity contribution is 0.0940. The second-order valence-corrected chi connectivity index (χ2v) is 9.42. The number of amides is 1. The van der Waals surface area contributed by atoms with Gasteiger partial charge in [-0.05, 0) is 29.0 Å². The van der Waals surface area contributed by atoms with Gasteiger partial charge in [-0.2, -0.15) is 0 Å². The molecule has 0 spiro atoms. The minimum absolute atomic E-state index is 0.0298. The molecule has 1 aromatic carbocycles. The van der Waals surface area contributed by atoms with Crippen molar-refractivity contribution in [1.29, 1.82) is 0 Å². The minimum Gasteiger partial charge on any atom is -0.477 e. The van der Waals surface area contributed by atoms with Gasteiger partial charge in [-0.1, -0.05) is 30.3 Å². The van der Waals surface area contributed by atoms with E-state index in [9.17, 15) is 9.59 Å². The summed E-state index contributed by atoms with van der Waals surface area (Å²) in [5, 5.41) is 5.09. The minimum atomic E-state index is -0.466. The summed E-state index contributed by atoms with van der Waals surface area (Å²) in [7, 11) is 0. The number of carbonyl (C=O) groups is 1. The van der Waals surface area contributed by atoms with Gasteiger partial charge in [0.05, 0.1) is 31.8 Å². The summed E-state index contributed by atoms with van der Waals surface area (Å²) in [6.07, 6.45) is 2.62. The number of H-pyrrole nitrogens is 1. The molecule has 4 aromatic rings. The molecule has 186 valence electrons. The van der Waals surface area contributed by atoms with Crippen LogP contribution in [0.2, 0.25) is 0 Å². The Morgan fingerprint density at radius 1 is 1.19 bits per heavy atom. The van der Waals surface area contributed by atoms with Gasteiger partial charge in [-0.3, -0.25) is 9.59 Å². The Hall–Kier alpha value is -3.60. The maximum Gasteiger partial charge on any atom is 0.287 e. The molecule has 9 nitrogen and oxygen atoms in total. The van der Waals surface area contributed by atoms with E-state index in [0.29, 0.717) is 41.8 Å². The van der Waals surface area contributed by atoms with Gasteiger partial charge >= 0.3 is 0 Å². The largest absolute Gasteiger partial charge is 0.477 e. The molecule has 1 fully saturated rings. The Labute approximate surface area is 211 Å². The zero-order valence-electron chi connectivity index (χ0n) is 19.6. The Kier molecular flexibility index (Phi) is 7.65. The van der Waals surface area contributed by atoms with E-state index in [4.69, 9.17) is 14.2 Å². The van der Waals surface area contributed by atoms with Crippen LogP contribution in [0, 0.1) is 5.92 Å². The van der Waals surface area contributed by atoms with Crippen LogP contribution in [-0.4, -0.2) is 40.7 Å². The number of carbonyl (C=O) groups excluding carboxylic acids is 1. The van der Waals surface area contributed by atoms with Gasteiger partial charge < -0.3 is 24.5 Å². The Morgan fingerprint density at radius 3 is 2.92 bits per heavy atom. The molecular weight excluding hydrogens is 480 g/mol. The molecule has 0 aliphatic carbocycles. The van der Waals surface area contributed by atoms with E-state index in [-0.39, 0.29) is 24.5 Å². The number of fused-ring (bicyclic) bond motifs is 1. The highest BCUT2D eigenvalue weighted by Crippen LogP contribution is 2.22. The van der Waals surface area contributed by atoms with Gasteiger partial charge in [0, 0.05) is 36.9 Å². The number of hydrogen-bond donors (Lipinski definition) is 2. The Morgan fingerprint density at radius 2 is 2.08 bits per heavy atom. The summed E-state index contributed by atoms with van der Waals surface area (Å²) in [5.41, 5.74) is 2.27. The normalized spacial score (nSPS) is 15.3. The van der Waals surface area contributed by atoms with Crippen LogP contribution in [0.5, 0.6) is 5.88 Å². The predicted molar refractivity (Wildman–Crippen MR) is 135 cm³/mol. The molecule has 5 rings (SSSR count). The van der Waals surface area contributed by atoms with Crippen LogP contribution in [0.15, 0.2) is 58.8 Å². The fourth-order valence-corrected chi connectivity index (χ4v) is 4.82. The van der Waals surface area contributed by atoms with E-state index in [1.165, 1.54) is 11.3 Å². The maximum absolute atomic E-state index is 12.8. The Balaban J connectivity index is 1.18. The molecule has 3 aromatic heterocycles. The number of nitrogens with zero attached hydrogens (tertiary/aromatic N) is 2. The third-order valence-corrected chi connectivity index (χ3v) is 6.77. The Bertz CT molecular complexity index is 1380. The molecule has 1 saturated heterocycles. The van der Waals surface area contributed by atoms with Crippen LogP contribution in [0.1, 0.15) is 33.7 Å². The molecule has 1 amide bonds. The number of aromatic amines is 1. The summed E-state index contributed by atoms with van der Waals surface area (Å²) >= 11 is 1.31. The first-order chi connectivity index (χ1) is 17.7. The monoisotopic (exact) mass is 506 g/mol. The van der Waals surface area contributed by atoms with E-state index < -0.39 is 5.91 Å². The molecule has 2 N–H and O–H groups in total. The highest BCUT2D eigenvalue weighted by molar-refractivity contribution is 7.16. The molecule has 1 aliphatic heterocycles. The van der Waals surface area contributed by atoms with E-state index in [1.54, 1.807) is 18.3 Å². The van der Waals surface area contributed by atoms with E-state index in [0.717, 1.165) is 29.7 Å². The molecule has 1 unspecified atom stereocenters. The van der Waals surface area contributed by atoms with Crippen molar-refractivity contribution in [2.24, 2.45) is 5.92 Å². The summed E-state index contributed by atoms with van der Waals surface area (Å²) in [4.78, 5) is 37.2. The second-order valence-electron chi connectivity index (χ2n) is 8.56. The standard InChI is InChI=1S/C26H26N4O5S/c31-24-22-20(15-34-12-17-4-2-1-3-5-17)16-36-26(22)30-23(29-24)25(32)28-11-18-6-8-27-21(10-18)35-14-19-7-9-33-13-19/h1-6,8,10,16,19H,7,9,11-15H2,(H,28,32)(H,29,30,31). The lowest BCUT2D eigenvalue weighted by atomic mass is 10.1. The number of thiophene rings is 1. The van der Waals surface area contributed by atoms with Crippen molar-refractivity contribution < 1.29 is 19.0 Å². The van der Waals surface area contributed by atoms with Gasteiger partial charge in [0.1, 0.15) is 4.83 Å². The fraction of sp³-hybridized carbons (Fsp3) is 0.308. The first-order valence-electron chi connectivity index (χ1n) is 11.7. The SMILES string of the molecule is O=C(NCc1ccnc(OCC2CCOC2)c1)c1nc2scc(COCc3ccccc3)c2c(=O)[nH]1. The van der Waals surface area contributed by atoms with Gasteiger partial charge in [0.25, 0.3) is 11.5 Å². The molecule has 36 heavy (non-hydrogen) atoms. The number of pyridine rings is 1. The van der Waals surface area contributed by atoms with Crippen LogP contribution in [-0.2, 0) is 29.2 Å². The van der Waals surface area contributed by atoms with Crippen LogP contribution >= 0.6 is 11.3 Å². The molecule has 10 heteroatoms. The number of hydrogen-bond acceptors (Lipinski definition) is 8. The number of benzene rings is 1. The smallest absolute Gasteiger partial charge is 0.287 e. The summed E-state index contributed by atoms with van der Waals surface area (Å²) in [5.74, 6) is 0.382. The first-order valence-corrected chi connectivity index (χ1v) is 12.6. The van der Waals surface area contributed by atoms with Gasteiger partial charge in [-0.15, -0.1) is 11.3 Å². The van der Waals surface area contributed by atoms with Gasteiger partial charge in [0.2, 0.25) is 11.7 Å². The zero-order chi connectivity index (χ0) is 24.7. The first kappa shape index (κ1) is 24.1. The number of aromatic nitrogens is 3. The molecular formula is C26H26N4O5S. The van der Waals surface area contributed by atoms with Gasteiger partial charge in [-0.25, -0.2) is 9.97 Å². The molecule has 0 saturated carbocycles. The lowest BCUT2D eigenvalue weighted by Crippen LogP contribution is -2.27. The van der Waals surface area contributed by atoms with Crippen molar-refractivity contribution in [2.75, 3.05) is 19.8 Å². The highest BCUT2D eigenvalue weighted by Gasteiger charge is 2.17. The van der Waals surface area contributed by atoms with Crippen molar-refractivity contribution in [1.82, 2.24) is 20.3 Å². The zero-order valence-corrected chi connectivity index (χ0v) is 20.4. The summed E-state index contributed by atoms with van der Waals surface area (Å²) < 4.78 is 16.9. The third kappa shape index (κ3) is 5.96. The molecule has 1 aliphatic rings. The van der Waals surface area contributed by atoms with Crippen molar-refractivity contribution in [3.8, 4) is 5.88 Å². The second kappa shape index (κ2) is 11.4. The van der Waals surface area contributed by atoms with Crippen molar-refractivity contribution in [3.63, 3.8) is 0 Å². The van der Waals surface area contributed by atoms with Crippen molar-refractivity contribution in [3.05, 3.63) is 86.9 Å². The van der Waals surface area contributed by atoms with Crippen molar-refractivity contribution in [2.45, 2.75) is 26.2 Å². The molecule has 0 radical (unpaired) electrons. The van der Waals surface area contributed by atoms with Crippen LogP contribution in [0.25, 0.3) is 10.2 Å².